The molecule has 0 rings (SSSR count). The molecule has 0 aliphatic heterocycles. The minimum atomic E-state index is -3.40. The summed E-state index contributed by atoms with van der Waals surface area (Å²) in [5, 5.41) is -0.761. The van der Waals surface area contributed by atoms with Crippen molar-refractivity contribution in [1.82, 2.24) is 0 Å². The summed E-state index contributed by atoms with van der Waals surface area (Å²) in [7, 11) is -2.57. The van der Waals surface area contributed by atoms with Gasteiger partial charge in [0.1, 0.15) is 5.40 Å². The Bertz CT molecular complexity index is 288. The van der Waals surface area contributed by atoms with Gasteiger partial charge in [0.15, 0.2) is 0 Å². The number of nitrogens with two attached hydrogens (primary N) is 1. The Morgan fingerprint density at radius 2 is 1.62 bits per heavy atom. The molecule has 2 N–H and O–H groups in total. The topological polar surface area (TPSA) is 87.9 Å². The first-order valence-corrected chi connectivity index (χ1v) is 8.67. The van der Waals surface area contributed by atoms with Crippen LogP contribution in [-0.2, 0) is 22.7 Å². The molecule has 98 valence electrons. The predicted molar refractivity (Wildman–Crippen MR) is 64.2 cm³/mol. The second-order valence-corrected chi connectivity index (χ2v) is 9.05. The van der Waals surface area contributed by atoms with Crippen LogP contribution in [0.5, 0.6) is 0 Å². The predicted octanol–water partition coefficient (Wildman–Crippen LogP) is 2.09. The van der Waals surface area contributed by atoms with Crippen molar-refractivity contribution in [2.75, 3.05) is 34.5 Å². The molecule has 0 heterocycles. The fourth-order valence-corrected chi connectivity index (χ4v) is 6.32. The van der Waals surface area contributed by atoms with Gasteiger partial charge >= 0.3 is 7.60 Å². The fourth-order valence-electron chi connectivity index (χ4n) is 1.39. The van der Waals surface area contributed by atoms with E-state index in [1.807, 2.05) is 0 Å². The van der Waals surface area contributed by atoms with E-state index in [1.54, 1.807) is 0 Å². The zero-order valence-electron chi connectivity index (χ0n) is 10.2. The van der Waals surface area contributed by atoms with E-state index in [0.29, 0.717) is 19.4 Å². The van der Waals surface area contributed by atoms with Gasteiger partial charge in [0.25, 0.3) is 0 Å². The maximum atomic E-state index is 12.2. The van der Waals surface area contributed by atoms with Gasteiger partial charge in [0, 0.05) is 28.0 Å². The van der Waals surface area contributed by atoms with E-state index in [2.05, 4.69) is 0 Å². The number of rotatable bonds is 8. The van der Waals surface area contributed by atoms with Crippen molar-refractivity contribution in [3.8, 4) is 0 Å². The van der Waals surface area contributed by atoms with Gasteiger partial charge in [-0.1, -0.05) is 0 Å². The van der Waals surface area contributed by atoms with Gasteiger partial charge in [0.2, 0.25) is 7.37 Å². The second-order valence-electron chi connectivity index (χ2n) is 3.41. The molecule has 0 aromatic heterocycles. The molecule has 0 spiro atoms. The van der Waals surface area contributed by atoms with Crippen LogP contribution >= 0.6 is 15.0 Å². The Morgan fingerprint density at radius 3 is 1.94 bits per heavy atom. The van der Waals surface area contributed by atoms with Crippen LogP contribution in [0.2, 0.25) is 0 Å². The zero-order chi connectivity index (χ0) is 12.8. The monoisotopic (exact) mass is 273 g/mol. The largest absolute Gasteiger partial charge is 0.342 e. The van der Waals surface area contributed by atoms with Gasteiger partial charge in [-0.3, -0.25) is 9.13 Å². The first kappa shape index (κ1) is 16.3. The maximum absolute atomic E-state index is 12.2. The van der Waals surface area contributed by atoms with E-state index in [9.17, 15) is 9.13 Å². The quantitative estimate of drug-likeness (QED) is 0.681. The second kappa shape index (κ2) is 6.90. The summed E-state index contributed by atoms with van der Waals surface area (Å²) in [6.45, 7) is 1.85. The van der Waals surface area contributed by atoms with Gasteiger partial charge in [-0.2, -0.15) is 0 Å². The lowest BCUT2D eigenvalue weighted by Gasteiger charge is -2.28. The molecule has 0 radical (unpaired) electrons. The highest BCUT2D eigenvalue weighted by atomic mass is 31.2. The van der Waals surface area contributed by atoms with Crippen molar-refractivity contribution in [3.05, 3.63) is 0 Å². The van der Waals surface area contributed by atoms with Gasteiger partial charge in [-0.15, -0.1) is 0 Å². The molecule has 6 nitrogen and oxygen atoms in total. The molecular formula is C8H21NO5P2. The lowest BCUT2D eigenvalue weighted by molar-refractivity contribution is 0.267. The maximum Gasteiger partial charge on any atom is 0.342 e. The molecule has 2 unspecified atom stereocenters. The van der Waals surface area contributed by atoms with Gasteiger partial charge in [-0.25, -0.2) is 0 Å². The molecule has 0 fully saturated rings. The van der Waals surface area contributed by atoms with Crippen molar-refractivity contribution in [1.29, 1.82) is 0 Å². The highest BCUT2D eigenvalue weighted by Crippen LogP contribution is 2.68. The van der Waals surface area contributed by atoms with Gasteiger partial charge in [-0.05, 0) is 19.4 Å². The van der Waals surface area contributed by atoms with Crippen LogP contribution in [0.1, 0.15) is 12.8 Å². The third-order valence-corrected chi connectivity index (χ3v) is 8.62. The third-order valence-electron chi connectivity index (χ3n) is 2.44. The Morgan fingerprint density at radius 1 is 1.12 bits per heavy atom. The van der Waals surface area contributed by atoms with E-state index in [1.165, 1.54) is 28.0 Å². The number of hydrogen-bond acceptors (Lipinski definition) is 6. The molecule has 0 aliphatic carbocycles. The van der Waals surface area contributed by atoms with E-state index < -0.39 is 20.4 Å². The first-order valence-electron chi connectivity index (χ1n) is 4.92. The third kappa shape index (κ3) is 3.95. The van der Waals surface area contributed by atoms with Crippen LogP contribution in [0.15, 0.2) is 0 Å². The molecule has 8 heteroatoms. The zero-order valence-corrected chi connectivity index (χ0v) is 12.0. The summed E-state index contributed by atoms with van der Waals surface area (Å²) in [4.78, 5) is 0. The summed E-state index contributed by atoms with van der Waals surface area (Å²) >= 11 is 0. The first-order chi connectivity index (χ1) is 7.37. The van der Waals surface area contributed by atoms with Crippen LogP contribution < -0.4 is 5.73 Å². The van der Waals surface area contributed by atoms with Crippen molar-refractivity contribution in [2.45, 2.75) is 18.2 Å². The Labute approximate surface area is 96.8 Å². The summed E-state index contributed by atoms with van der Waals surface area (Å²) in [5.41, 5.74) is 5.39. The van der Waals surface area contributed by atoms with Crippen molar-refractivity contribution in [2.24, 2.45) is 5.73 Å². The average molecular weight is 273 g/mol. The van der Waals surface area contributed by atoms with Crippen LogP contribution in [-0.4, -0.2) is 39.9 Å². The van der Waals surface area contributed by atoms with Crippen LogP contribution in [0, 0.1) is 0 Å². The van der Waals surface area contributed by atoms with Crippen molar-refractivity contribution < 1.29 is 22.7 Å². The summed E-state index contributed by atoms with van der Waals surface area (Å²) in [6, 6.07) is 0. The molecule has 16 heavy (non-hydrogen) atoms. The molecule has 0 saturated carbocycles. The summed E-state index contributed by atoms with van der Waals surface area (Å²) in [6.07, 6.45) is 0.972. The molecule has 2 atom stereocenters. The fraction of sp³-hybridized carbons (Fsp3) is 1.00. The van der Waals surface area contributed by atoms with E-state index in [4.69, 9.17) is 19.3 Å². The van der Waals surface area contributed by atoms with E-state index in [0.717, 1.165) is 0 Å². The molecule has 0 aromatic carbocycles. The Hall–Kier alpha value is 0.300. The minimum absolute atomic E-state index is 0.386. The molecule has 0 amide bonds. The summed E-state index contributed by atoms with van der Waals surface area (Å²) in [5.74, 6) is 0. The van der Waals surface area contributed by atoms with Crippen LogP contribution in [0.3, 0.4) is 0 Å². The Balaban J connectivity index is 5.08. The van der Waals surface area contributed by atoms with E-state index >= 15 is 0 Å². The lowest BCUT2D eigenvalue weighted by atomic mass is 10.3. The smallest absolute Gasteiger partial charge is 0.331 e. The van der Waals surface area contributed by atoms with Crippen molar-refractivity contribution in [3.63, 3.8) is 0 Å². The Kier molecular flexibility index (Phi) is 7.03. The highest BCUT2D eigenvalue weighted by molar-refractivity contribution is 7.74. The van der Waals surface area contributed by atoms with E-state index in [-0.39, 0.29) is 0 Å². The lowest BCUT2D eigenvalue weighted by Crippen LogP contribution is -2.15. The minimum Gasteiger partial charge on any atom is -0.331 e. The van der Waals surface area contributed by atoms with Crippen molar-refractivity contribution >= 4 is 15.0 Å². The molecule has 0 saturated heterocycles. The molecule has 0 bridgehead atoms. The normalized spacial score (nSPS) is 18.1. The summed E-state index contributed by atoms with van der Waals surface area (Å²) < 4.78 is 39.1. The van der Waals surface area contributed by atoms with Crippen LogP contribution in [0.4, 0.5) is 0 Å². The molecule has 0 aromatic rings. The molecular weight excluding hydrogens is 252 g/mol. The van der Waals surface area contributed by atoms with Gasteiger partial charge in [0.05, 0.1) is 0 Å². The highest BCUT2D eigenvalue weighted by Gasteiger charge is 2.44. The average Bonchev–Trinajstić information content (AvgIpc) is 2.28. The SMILES string of the molecule is COP(C)(=O)C(CCCN)P(=O)(OC)OC. The number of hydrogen-bond donors (Lipinski definition) is 1. The standard InChI is InChI=1S/C8H21NO5P2/c1-12-15(4,10)8(6-5-7-9)16(11,13-2)14-3/h8H,5-7,9H2,1-4H3. The van der Waals surface area contributed by atoms with Crippen LogP contribution in [0.25, 0.3) is 0 Å². The molecule has 0 aliphatic rings. The van der Waals surface area contributed by atoms with Gasteiger partial charge < -0.3 is 19.3 Å².